The number of carbonyl (C=O) groups excluding carboxylic acids is 1. The second-order valence-corrected chi connectivity index (χ2v) is 8.85. The molecule has 0 aliphatic carbocycles. The van der Waals surface area contributed by atoms with Crippen molar-refractivity contribution >= 4 is 32.7 Å². The molecule has 172 valence electrons. The number of nitrogens with two attached hydrogens (primary N) is 1. The number of sulfonamides is 1. The van der Waals surface area contributed by atoms with Crippen LogP contribution in [0.4, 0.5) is 5.82 Å². The van der Waals surface area contributed by atoms with Crippen molar-refractivity contribution in [2.24, 2.45) is 5.73 Å². The van der Waals surface area contributed by atoms with Crippen LogP contribution in [0.25, 0.3) is 11.0 Å². The molecule has 4 N–H and O–H groups in total. The standard InChI is InChI=1S/C21H22N6O5S/c1-23-21(28)15-4-3-5-16(8-15)33(29,30)26-20-19-17(31-2)6-13(7-18(19)32-25-20)11-27-12-14(9-22)10-24-27/h3-8,10,12H,9,11,22H2,1-2H3,(H,23,28)(H,25,26). The van der Waals surface area contributed by atoms with Gasteiger partial charge in [0.05, 0.1) is 24.7 Å². The fourth-order valence-corrected chi connectivity index (χ4v) is 4.38. The van der Waals surface area contributed by atoms with Gasteiger partial charge in [-0.15, -0.1) is 0 Å². The van der Waals surface area contributed by atoms with Gasteiger partial charge >= 0.3 is 0 Å². The van der Waals surface area contributed by atoms with Crippen molar-refractivity contribution in [2.75, 3.05) is 18.9 Å². The van der Waals surface area contributed by atoms with Gasteiger partial charge in [-0.3, -0.25) is 14.2 Å². The summed E-state index contributed by atoms with van der Waals surface area (Å²) in [4.78, 5) is 11.8. The summed E-state index contributed by atoms with van der Waals surface area (Å²) in [6.45, 7) is 0.820. The average molecular weight is 471 g/mol. The normalized spacial score (nSPS) is 11.5. The topological polar surface area (TPSA) is 154 Å². The van der Waals surface area contributed by atoms with E-state index < -0.39 is 15.9 Å². The number of hydrogen-bond acceptors (Lipinski definition) is 8. The molecule has 2 aromatic heterocycles. The number of fused-ring (bicyclic) bond motifs is 1. The van der Waals surface area contributed by atoms with Crippen LogP contribution in [0.1, 0.15) is 21.5 Å². The van der Waals surface area contributed by atoms with Crippen LogP contribution in [-0.2, 0) is 23.1 Å². The fourth-order valence-electron chi connectivity index (χ4n) is 3.33. The quantitative estimate of drug-likeness (QED) is 0.351. The monoisotopic (exact) mass is 470 g/mol. The lowest BCUT2D eigenvalue weighted by molar-refractivity contribution is 0.0963. The molecule has 0 aliphatic rings. The van der Waals surface area contributed by atoms with E-state index in [1.54, 1.807) is 23.0 Å². The van der Waals surface area contributed by atoms with Crippen LogP contribution in [0.2, 0.25) is 0 Å². The van der Waals surface area contributed by atoms with Crippen molar-refractivity contribution in [1.82, 2.24) is 20.3 Å². The van der Waals surface area contributed by atoms with Gasteiger partial charge in [0, 0.05) is 30.9 Å². The van der Waals surface area contributed by atoms with E-state index in [4.69, 9.17) is 15.0 Å². The minimum Gasteiger partial charge on any atom is -0.496 e. The van der Waals surface area contributed by atoms with Crippen molar-refractivity contribution < 1.29 is 22.5 Å². The third-order valence-electron chi connectivity index (χ3n) is 4.95. The zero-order chi connectivity index (χ0) is 23.6. The molecule has 1 amide bonds. The molecule has 2 aromatic carbocycles. The summed E-state index contributed by atoms with van der Waals surface area (Å²) in [6, 6.07) is 9.15. The molecule has 0 saturated carbocycles. The third-order valence-corrected chi connectivity index (χ3v) is 6.29. The number of ether oxygens (including phenoxy) is 1. The van der Waals surface area contributed by atoms with Crippen LogP contribution in [0, 0.1) is 0 Å². The molecule has 4 aromatic rings. The highest BCUT2D eigenvalue weighted by atomic mass is 32.2. The summed E-state index contributed by atoms with van der Waals surface area (Å²) < 4.78 is 40.9. The van der Waals surface area contributed by atoms with Crippen LogP contribution < -0.4 is 20.5 Å². The largest absolute Gasteiger partial charge is 0.496 e. The summed E-state index contributed by atoms with van der Waals surface area (Å²) in [7, 11) is -1.12. The van der Waals surface area contributed by atoms with Crippen LogP contribution in [0.15, 0.2) is 58.2 Å². The number of amides is 1. The minimum atomic E-state index is -4.06. The molecule has 0 atom stereocenters. The van der Waals surface area contributed by atoms with E-state index in [-0.39, 0.29) is 16.3 Å². The van der Waals surface area contributed by atoms with Crippen LogP contribution in [0.5, 0.6) is 5.75 Å². The summed E-state index contributed by atoms with van der Waals surface area (Å²) >= 11 is 0. The van der Waals surface area contributed by atoms with E-state index in [1.807, 2.05) is 6.20 Å². The Hall–Kier alpha value is -3.90. The predicted molar refractivity (Wildman–Crippen MR) is 120 cm³/mol. The van der Waals surface area contributed by atoms with E-state index >= 15 is 0 Å². The first kappa shape index (κ1) is 22.3. The second-order valence-electron chi connectivity index (χ2n) is 7.17. The predicted octanol–water partition coefficient (Wildman–Crippen LogP) is 1.70. The second kappa shape index (κ2) is 8.92. The Morgan fingerprint density at radius 3 is 2.76 bits per heavy atom. The molecule has 12 heteroatoms. The van der Waals surface area contributed by atoms with E-state index in [0.717, 1.165) is 11.1 Å². The van der Waals surface area contributed by atoms with Gasteiger partial charge in [-0.1, -0.05) is 11.2 Å². The van der Waals surface area contributed by atoms with Crippen LogP contribution in [0.3, 0.4) is 0 Å². The van der Waals surface area contributed by atoms with Crippen LogP contribution >= 0.6 is 0 Å². The molecule has 0 fully saturated rings. The number of hydrogen-bond donors (Lipinski definition) is 3. The lowest BCUT2D eigenvalue weighted by atomic mass is 10.1. The first-order valence-electron chi connectivity index (χ1n) is 9.87. The number of carbonyl (C=O) groups is 1. The number of rotatable bonds is 8. The van der Waals surface area contributed by atoms with Crippen molar-refractivity contribution in [3.05, 3.63) is 65.5 Å². The molecular formula is C21H22N6O5S. The highest BCUT2D eigenvalue weighted by molar-refractivity contribution is 7.92. The van der Waals surface area contributed by atoms with Gasteiger partial charge < -0.3 is 20.3 Å². The molecule has 0 spiro atoms. The summed E-state index contributed by atoms with van der Waals surface area (Å²) in [6.07, 6.45) is 3.53. The maximum atomic E-state index is 13.0. The van der Waals surface area contributed by atoms with Crippen molar-refractivity contribution in [2.45, 2.75) is 18.0 Å². The Labute approximate surface area is 189 Å². The number of anilines is 1. The zero-order valence-electron chi connectivity index (χ0n) is 17.9. The molecule has 0 radical (unpaired) electrons. The molecule has 0 unspecified atom stereocenters. The van der Waals surface area contributed by atoms with Crippen LogP contribution in [-0.4, -0.2) is 43.4 Å². The lowest BCUT2D eigenvalue weighted by Crippen LogP contribution is -2.19. The molecule has 4 rings (SSSR count). The molecule has 33 heavy (non-hydrogen) atoms. The third kappa shape index (κ3) is 4.52. The maximum absolute atomic E-state index is 13.0. The number of methoxy groups -OCH3 is 1. The maximum Gasteiger partial charge on any atom is 0.263 e. The Kier molecular flexibility index (Phi) is 6.03. The molecule has 2 heterocycles. The van der Waals surface area contributed by atoms with Gasteiger partial charge in [0.2, 0.25) is 0 Å². The smallest absolute Gasteiger partial charge is 0.263 e. The Morgan fingerprint density at radius 2 is 2.06 bits per heavy atom. The van der Waals surface area contributed by atoms with Crippen molar-refractivity contribution in [3.63, 3.8) is 0 Å². The zero-order valence-corrected chi connectivity index (χ0v) is 18.7. The Bertz CT molecular complexity index is 1430. The Morgan fingerprint density at radius 1 is 1.24 bits per heavy atom. The van der Waals surface area contributed by atoms with E-state index in [2.05, 4.69) is 20.3 Å². The SMILES string of the molecule is CNC(=O)c1cccc(S(=O)(=O)Nc2noc3cc(Cn4cc(CN)cn4)cc(OC)c23)c1. The number of nitrogens with zero attached hydrogens (tertiary/aromatic N) is 3. The highest BCUT2D eigenvalue weighted by Gasteiger charge is 2.22. The lowest BCUT2D eigenvalue weighted by Gasteiger charge is -2.09. The Balaban J connectivity index is 1.66. The minimum absolute atomic E-state index is 0.0248. The summed E-state index contributed by atoms with van der Waals surface area (Å²) in [5, 5.41) is 11.0. The van der Waals surface area contributed by atoms with Crippen molar-refractivity contribution in [3.8, 4) is 5.75 Å². The van der Waals surface area contributed by atoms with Gasteiger partial charge in [0.15, 0.2) is 11.4 Å². The molecular weight excluding hydrogens is 448 g/mol. The summed E-state index contributed by atoms with van der Waals surface area (Å²) in [5.41, 5.74) is 7.90. The summed E-state index contributed by atoms with van der Waals surface area (Å²) in [5.74, 6) is -0.0427. The van der Waals surface area contributed by atoms with Crippen molar-refractivity contribution in [1.29, 1.82) is 0 Å². The first-order chi connectivity index (χ1) is 15.8. The van der Waals surface area contributed by atoms with E-state index in [1.165, 1.54) is 38.4 Å². The number of aromatic nitrogens is 3. The average Bonchev–Trinajstić information content (AvgIpc) is 3.44. The van der Waals surface area contributed by atoms with Gasteiger partial charge in [0.25, 0.3) is 15.9 Å². The molecule has 11 nitrogen and oxygen atoms in total. The van der Waals surface area contributed by atoms with Gasteiger partial charge in [-0.25, -0.2) is 8.42 Å². The molecule has 0 saturated heterocycles. The van der Waals surface area contributed by atoms with E-state index in [9.17, 15) is 13.2 Å². The fraction of sp³-hybridized carbons (Fsp3) is 0.190. The molecule has 0 aliphatic heterocycles. The van der Waals surface area contributed by atoms with Gasteiger partial charge in [-0.2, -0.15) is 5.10 Å². The first-order valence-corrected chi connectivity index (χ1v) is 11.4. The number of benzene rings is 2. The number of nitrogens with one attached hydrogen (secondary N) is 2. The molecule has 0 bridgehead atoms. The highest BCUT2D eigenvalue weighted by Crippen LogP contribution is 2.35. The van der Waals surface area contributed by atoms with Gasteiger partial charge in [-0.05, 0) is 35.9 Å². The van der Waals surface area contributed by atoms with E-state index in [0.29, 0.717) is 29.8 Å². The van der Waals surface area contributed by atoms with Gasteiger partial charge in [0.1, 0.15) is 11.1 Å².